The summed E-state index contributed by atoms with van der Waals surface area (Å²) in [7, 11) is 2.22. The average molecular weight is 239 g/mol. The van der Waals surface area contributed by atoms with E-state index in [2.05, 4.69) is 50.6 Å². The smallest absolute Gasteiger partial charge is 0.0876 e. The lowest BCUT2D eigenvalue weighted by Gasteiger charge is -2.14. The molecule has 0 bridgehead atoms. The van der Waals surface area contributed by atoms with Crippen molar-refractivity contribution in [3.63, 3.8) is 0 Å². The second kappa shape index (κ2) is 4.32. The van der Waals surface area contributed by atoms with Crippen molar-refractivity contribution in [2.45, 2.75) is 32.4 Å². The Kier molecular flexibility index (Phi) is 3.60. The summed E-state index contributed by atoms with van der Waals surface area (Å²) in [5.74, 6) is 0. The molecule has 0 aliphatic carbocycles. The predicted molar refractivity (Wildman–Crippen MR) is 65.5 cm³/mol. The van der Waals surface area contributed by atoms with E-state index in [0.29, 0.717) is 0 Å². The largest absolute Gasteiger partial charge is 0.107 e. The molecule has 0 amide bonds. The van der Waals surface area contributed by atoms with Gasteiger partial charge in [-0.05, 0) is 48.6 Å². The second-order valence-corrected chi connectivity index (χ2v) is 4.14. The lowest BCUT2D eigenvalue weighted by atomic mass is 9.86. The zero-order valence-corrected chi connectivity index (χ0v) is 10.5. The Labute approximate surface area is 90.3 Å². The lowest BCUT2D eigenvalue weighted by molar-refractivity contribution is 1.15. The van der Waals surface area contributed by atoms with E-state index in [9.17, 15) is 0 Å². The highest BCUT2D eigenvalue weighted by Gasteiger charge is 2.07. The third kappa shape index (κ3) is 1.99. The molecule has 70 valence electrons. The van der Waals surface area contributed by atoms with Crippen LogP contribution in [0.1, 0.15) is 27.8 Å². The molecule has 0 N–H and O–H groups in total. The van der Waals surface area contributed by atoms with Crippen molar-refractivity contribution < 1.29 is 0 Å². The molecule has 0 fully saturated rings. The van der Waals surface area contributed by atoms with Gasteiger partial charge in [-0.25, -0.2) is 0 Å². The summed E-state index contributed by atoms with van der Waals surface area (Å²) in [4.78, 5) is 0. The summed E-state index contributed by atoms with van der Waals surface area (Å²) < 4.78 is 0. The molecule has 13 heavy (non-hydrogen) atoms. The minimum Gasteiger partial charge on any atom is -0.0876 e. The third-order valence-corrected chi connectivity index (χ3v) is 3.34. The van der Waals surface area contributed by atoms with E-state index in [1.807, 2.05) is 0 Å². The van der Waals surface area contributed by atoms with Gasteiger partial charge in [-0.1, -0.05) is 28.3 Å². The highest BCUT2D eigenvalue weighted by atomic mass is 79.9. The van der Waals surface area contributed by atoms with E-state index < -0.39 is 0 Å². The van der Waals surface area contributed by atoms with Crippen molar-refractivity contribution in [2.24, 2.45) is 0 Å². The molecule has 0 radical (unpaired) electrons. The first-order valence-corrected chi connectivity index (χ1v) is 5.88. The standard InChI is InChI=1S/C11H16BBr/c1-7-4-8(2)11(6-13)9(3)10(7)5-12/h4H,5-6,12H2,1-3H3. The van der Waals surface area contributed by atoms with Crippen molar-refractivity contribution in [1.82, 2.24) is 0 Å². The zero-order valence-electron chi connectivity index (χ0n) is 8.87. The number of hydrogen-bond acceptors (Lipinski definition) is 0. The topological polar surface area (TPSA) is 0 Å². The predicted octanol–water partition coefficient (Wildman–Crippen LogP) is 2.64. The number of halogens is 1. The van der Waals surface area contributed by atoms with E-state index in [0.717, 1.165) is 11.7 Å². The number of benzene rings is 1. The Balaban J connectivity index is 3.39. The van der Waals surface area contributed by atoms with Crippen molar-refractivity contribution in [1.29, 1.82) is 0 Å². The molecule has 2 heteroatoms. The number of alkyl halides is 1. The summed E-state index contributed by atoms with van der Waals surface area (Å²) in [5.41, 5.74) is 7.28. The molecule has 1 rings (SSSR count). The number of hydrogen-bond donors (Lipinski definition) is 0. The van der Waals surface area contributed by atoms with Crippen LogP contribution in [-0.4, -0.2) is 7.85 Å². The van der Waals surface area contributed by atoms with Crippen LogP contribution in [0.3, 0.4) is 0 Å². The van der Waals surface area contributed by atoms with Crippen LogP contribution in [0, 0.1) is 20.8 Å². The second-order valence-electron chi connectivity index (χ2n) is 3.58. The molecule has 0 aliphatic heterocycles. The van der Waals surface area contributed by atoms with Crippen LogP contribution in [0.2, 0.25) is 0 Å². The highest BCUT2D eigenvalue weighted by Crippen LogP contribution is 2.23. The van der Waals surface area contributed by atoms with E-state index in [1.165, 1.54) is 27.8 Å². The Morgan fingerprint density at radius 1 is 1.15 bits per heavy atom. The molecule has 1 aromatic rings. The van der Waals surface area contributed by atoms with Gasteiger partial charge in [0.05, 0.1) is 0 Å². The fourth-order valence-corrected chi connectivity index (χ4v) is 2.89. The van der Waals surface area contributed by atoms with Gasteiger partial charge < -0.3 is 0 Å². The van der Waals surface area contributed by atoms with Gasteiger partial charge >= 0.3 is 0 Å². The summed E-state index contributed by atoms with van der Waals surface area (Å²) in [6.45, 7) is 6.63. The fourth-order valence-electron chi connectivity index (χ4n) is 2.02. The molecule has 0 aliphatic rings. The summed E-state index contributed by atoms with van der Waals surface area (Å²) in [5, 5.41) is 0.970. The number of aryl methyl sites for hydroxylation is 2. The summed E-state index contributed by atoms with van der Waals surface area (Å²) >= 11 is 3.55. The van der Waals surface area contributed by atoms with Crippen molar-refractivity contribution in [3.05, 3.63) is 33.9 Å². The molecule has 0 nitrogen and oxygen atoms in total. The van der Waals surface area contributed by atoms with Crippen LogP contribution in [-0.2, 0) is 11.7 Å². The SMILES string of the molecule is BCc1c(C)cc(C)c(CBr)c1C. The lowest BCUT2D eigenvalue weighted by Crippen LogP contribution is -2.00. The van der Waals surface area contributed by atoms with Crippen LogP contribution < -0.4 is 0 Å². The van der Waals surface area contributed by atoms with Crippen LogP contribution in [0.15, 0.2) is 6.07 Å². The van der Waals surface area contributed by atoms with Crippen molar-refractivity contribution >= 4 is 23.8 Å². The molecule has 0 saturated carbocycles. The zero-order chi connectivity index (χ0) is 10.0. The van der Waals surface area contributed by atoms with Crippen LogP contribution >= 0.6 is 15.9 Å². The van der Waals surface area contributed by atoms with E-state index in [4.69, 9.17) is 0 Å². The Hall–Kier alpha value is -0.235. The maximum absolute atomic E-state index is 3.55. The first kappa shape index (κ1) is 10.8. The molecule has 0 unspecified atom stereocenters. The van der Waals surface area contributed by atoms with Crippen molar-refractivity contribution in [3.8, 4) is 0 Å². The van der Waals surface area contributed by atoms with Crippen molar-refractivity contribution in [2.75, 3.05) is 0 Å². The quantitative estimate of drug-likeness (QED) is 0.549. The first-order valence-electron chi connectivity index (χ1n) is 4.76. The molecule has 0 atom stereocenters. The Morgan fingerprint density at radius 2 is 1.69 bits per heavy atom. The van der Waals surface area contributed by atoms with E-state index in [1.54, 1.807) is 0 Å². The van der Waals surface area contributed by atoms with Crippen LogP contribution in [0.25, 0.3) is 0 Å². The van der Waals surface area contributed by atoms with Crippen LogP contribution in [0.5, 0.6) is 0 Å². The van der Waals surface area contributed by atoms with Gasteiger partial charge in [0, 0.05) is 5.33 Å². The van der Waals surface area contributed by atoms with Gasteiger partial charge in [0.1, 0.15) is 7.85 Å². The molecule has 0 saturated heterocycles. The third-order valence-electron chi connectivity index (χ3n) is 2.78. The number of rotatable bonds is 2. The maximum Gasteiger partial charge on any atom is 0.107 e. The average Bonchev–Trinajstić information content (AvgIpc) is 2.04. The first-order chi connectivity index (χ1) is 6.11. The van der Waals surface area contributed by atoms with Gasteiger partial charge in [-0.15, -0.1) is 0 Å². The van der Waals surface area contributed by atoms with Gasteiger partial charge in [0.15, 0.2) is 0 Å². The highest BCUT2D eigenvalue weighted by molar-refractivity contribution is 9.08. The molecule has 1 aromatic carbocycles. The fraction of sp³-hybridized carbons (Fsp3) is 0.455. The molecule has 0 heterocycles. The summed E-state index contributed by atoms with van der Waals surface area (Å²) in [6.07, 6.45) is 1.14. The van der Waals surface area contributed by atoms with E-state index >= 15 is 0 Å². The normalized spacial score (nSPS) is 10.5. The molecular weight excluding hydrogens is 223 g/mol. The maximum atomic E-state index is 3.55. The Morgan fingerprint density at radius 3 is 2.15 bits per heavy atom. The molecule has 0 aromatic heterocycles. The minimum absolute atomic E-state index is 0.970. The van der Waals surface area contributed by atoms with Gasteiger partial charge in [-0.3, -0.25) is 0 Å². The Bertz CT molecular complexity index is 290. The van der Waals surface area contributed by atoms with Gasteiger partial charge in [0.25, 0.3) is 0 Å². The minimum atomic E-state index is 0.970. The monoisotopic (exact) mass is 238 g/mol. The van der Waals surface area contributed by atoms with E-state index in [-0.39, 0.29) is 0 Å². The van der Waals surface area contributed by atoms with Crippen LogP contribution in [0.4, 0.5) is 0 Å². The molecular formula is C11H16BBr. The molecule has 0 spiro atoms. The summed E-state index contributed by atoms with van der Waals surface area (Å²) in [6, 6.07) is 2.29. The van der Waals surface area contributed by atoms with Gasteiger partial charge in [-0.2, -0.15) is 0 Å². The van der Waals surface area contributed by atoms with Gasteiger partial charge in [0.2, 0.25) is 0 Å².